The van der Waals surface area contributed by atoms with Gasteiger partial charge in [0.25, 0.3) is 6.04 Å². The molecule has 1 aliphatic rings. The van der Waals surface area contributed by atoms with Crippen LogP contribution in [0.2, 0.25) is 0 Å². The van der Waals surface area contributed by atoms with E-state index in [1.165, 1.54) is 11.8 Å². The second-order valence-corrected chi connectivity index (χ2v) is 7.93. The van der Waals surface area contributed by atoms with Crippen LogP contribution >= 0.6 is 27.7 Å². The third kappa shape index (κ3) is 2.92. The van der Waals surface area contributed by atoms with Gasteiger partial charge in [-0.3, -0.25) is 10.1 Å². The SMILES string of the molecule is O=[N+]([O-])[C@@H]1[C@@H](c2ccc(Br)cc2)Sc2nc3ccccc3cc2[C@@H]1O. The molecule has 3 atom stereocenters. The normalized spacial score (nSPS) is 22.6. The standard InChI is InChI=1S/C18H13BrN2O3S/c19-12-7-5-10(6-8-12)17-15(21(23)24)16(22)13-9-11-3-1-2-4-14(11)20-18(13)25-17/h1-9,15-17,22H/t15-,16-,17+/m0/s1. The highest BCUT2D eigenvalue weighted by atomic mass is 79.9. The molecule has 0 aliphatic carbocycles. The maximum Gasteiger partial charge on any atom is 0.258 e. The van der Waals surface area contributed by atoms with Crippen molar-refractivity contribution >= 4 is 38.6 Å². The van der Waals surface area contributed by atoms with Crippen LogP contribution in [0.15, 0.2) is 64.1 Å². The molecule has 1 aromatic heterocycles. The second-order valence-electron chi connectivity index (χ2n) is 5.89. The van der Waals surface area contributed by atoms with Gasteiger partial charge in [0.1, 0.15) is 10.3 Å². The summed E-state index contributed by atoms with van der Waals surface area (Å²) in [4.78, 5) is 15.9. The van der Waals surface area contributed by atoms with Crippen molar-refractivity contribution in [3.05, 3.63) is 80.3 Å². The van der Waals surface area contributed by atoms with Gasteiger partial charge in [-0.2, -0.15) is 0 Å². The van der Waals surface area contributed by atoms with E-state index in [1.54, 1.807) is 0 Å². The lowest BCUT2D eigenvalue weighted by Crippen LogP contribution is -2.35. The number of benzene rings is 2. The molecular formula is C18H13BrN2O3S. The Morgan fingerprint density at radius 2 is 1.88 bits per heavy atom. The highest BCUT2D eigenvalue weighted by Crippen LogP contribution is 2.49. The van der Waals surface area contributed by atoms with Gasteiger partial charge in [-0.15, -0.1) is 0 Å². The van der Waals surface area contributed by atoms with Crippen LogP contribution in [0.5, 0.6) is 0 Å². The first-order chi connectivity index (χ1) is 12.0. The summed E-state index contributed by atoms with van der Waals surface area (Å²) in [5, 5.41) is 23.4. The van der Waals surface area contributed by atoms with E-state index in [0.717, 1.165) is 20.9 Å². The molecule has 0 saturated carbocycles. The fraction of sp³-hybridized carbons (Fsp3) is 0.167. The fourth-order valence-electron chi connectivity index (χ4n) is 3.10. The Morgan fingerprint density at radius 1 is 1.16 bits per heavy atom. The van der Waals surface area contributed by atoms with Gasteiger partial charge >= 0.3 is 0 Å². The van der Waals surface area contributed by atoms with E-state index in [4.69, 9.17) is 0 Å². The Balaban J connectivity index is 1.86. The van der Waals surface area contributed by atoms with Gasteiger partial charge in [-0.05, 0) is 29.8 Å². The Hall–Kier alpha value is -1.96. The highest BCUT2D eigenvalue weighted by molar-refractivity contribution is 9.10. The van der Waals surface area contributed by atoms with Crippen LogP contribution in [0.3, 0.4) is 0 Å². The van der Waals surface area contributed by atoms with Gasteiger partial charge in [0.05, 0.1) is 5.52 Å². The number of hydrogen-bond donors (Lipinski definition) is 1. The number of para-hydroxylation sites is 1. The van der Waals surface area contributed by atoms with Crippen LogP contribution in [0.25, 0.3) is 10.9 Å². The molecule has 0 saturated heterocycles. The second kappa shape index (κ2) is 6.40. The summed E-state index contributed by atoms with van der Waals surface area (Å²) in [6.07, 6.45) is -1.20. The van der Waals surface area contributed by atoms with Crippen LogP contribution in [-0.4, -0.2) is 21.1 Å². The Kier molecular flexibility index (Phi) is 4.23. The van der Waals surface area contributed by atoms with Crippen molar-refractivity contribution in [3.63, 3.8) is 0 Å². The maximum atomic E-state index is 11.7. The topological polar surface area (TPSA) is 76.3 Å². The molecule has 0 amide bonds. The predicted molar refractivity (Wildman–Crippen MR) is 100 cm³/mol. The number of halogens is 1. The van der Waals surface area contributed by atoms with Crippen LogP contribution in [0.1, 0.15) is 22.5 Å². The summed E-state index contributed by atoms with van der Waals surface area (Å²) in [6, 6.07) is 15.6. The summed E-state index contributed by atoms with van der Waals surface area (Å²) in [5.41, 5.74) is 2.14. The third-order valence-corrected chi connectivity index (χ3v) is 6.23. The zero-order chi connectivity index (χ0) is 17.6. The molecule has 4 rings (SSSR count). The smallest absolute Gasteiger partial charge is 0.258 e. The summed E-state index contributed by atoms with van der Waals surface area (Å²) < 4.78 is 0.903. The molecule has 3 aromatic rings. The molecule has 5 nitrogen and oxygen atoms in total. The summed E-state index contributed by atoms with van der Waals surface area (Å²) in [6.45, 7) is 0. The van der Waals surface area contributed by atoms with E-state index < -0.39 is 17.4 Å². The van der Waals surface area contributed by atoms with Crippen LogP contribution in [0, 0.1) is 10.1 Å². The van der Waals surface area contributed by atoms with Crippen molar-refractivity contribution in [1.82, 2.24) is 4.98 Å². The van der Waals surface area contributed by atoms with Crippen molar-refractivity contribution in [2.45, 2.75) is 22.4 Å². The number of pyridine rings is 1. The quantitative estimate of drug-likeness (QED) is 0.490. The van der Waals surface area contributed by atoms with E-state index in [9.17, 15) is 15.2 Å². The highest BCUT2D eigenvalue weighted by Gasteiger charge is 2.46. The molecule has 2 heterocycles. The van der Waals surface area contributed by atoms with E-state index in [1.807, 2.05) is 54.6 Å². The number of thioether (sulfide) groups is 1. The summed E-state index contributed by atoms with van der Waals surface area (Å²) >= 11 is 4.72. The number of aliphatic hydroxyl groups is 1. The first-order valence-electron chi connectivity index (χ1n) is 7.68. The predicted octanol–water partition coefficient (Wildman–Crippen LogP) is 4.52. The van der Waals surface area contributed by atoms with Crippen molar-refractivity contribution in [1.29, 1.82) is 0 Å². The Labute approximate surface area is 156 Å². The summed E-state index contributed by atoms with van der Waals surface area (Å²) in [7, 11) is 0. The maximum absolute atomic E-state index is 11.7. The van der Waals surface area contributed by atoms with Crippen molar-refractivity contribution in [3.8, 4) is 0 Å². The van der Waals surface area contributed by atoms with E-state index in [0.29, 0.717) is 10.6 Å². The number of nitro groups is 1. The number of rotatable bonds is 2. The molecule has 1 N–H and O–H groups in total. The number of nitrogens with zero attached hydrogens (tertiary/aromatic N) is 2. The molecule has 25 heavy (non-hydrogen) atoms. The van der Waals surface area contributed by atoms with Gasteiger partial charge in [0.15, 0.2) is 6.10 Å². The van der Waals surface area contributed by atoms with Crippen LogP contribution < -0.4 is 0 Å². The lowest BCUT2D eigenvalue weighted by Gasteiger charge is -2.30. The van der Waals surface area contributed by atoms with Crippen molar-refractivity contribution < 1.29 is 10.0 Å². The number of fused-ring (bicyclic) bond motifs is 2. The first kappa shape index (κ1) is 16.5. The molecule has 2 aromatic carbocycles. The molecule has 1 aliphatic heterocycles. The molecule has 0 unspecified atom stereocenters. The number of aliphatic hydroxyl groups excluding tert-OH is 1. The molecule has 126 valence electrons. The molecule has 0 radical (unpaired) electrons. The zero-order valence-electron chi connectivity index (χ0n) is 12.9. The largest absolute Gasteiger partial charge is 0.381 e. The molecular weight excluding hydrogens is 404 g/mol. The zero-order valence-corrected chi connectivity index (χ0v) is 15.3. The van der Waals surface area contributed by atoms with Gasteiger partial charge in [-0.25, -0.2) is 4.98 Å². The Morgan fingerprint density at radius 3 is 2.60 bits per heavy atom. The van der Waals surface area contributed by atoms with Gasteiger partial charge in [0.2, 0.25) is 0 Å². The first-order valence-corrected chi connectivity index (χ1v) is 9.35. The molecule has 0 bridgehead atoms. The minimum atomic E-state index is -1.20. The minimum absolute atomic E-state index is 0.386. The average molecular weight is 417 g/mol. The van der Waals surface area contributed by atoms with Gasteiger partial charge in [0, 0.05) is 20.3 Å². The van der Waals surface area contributed by atoms with Crippen molar-refractivity contribution in [2.24, 2.45) is 0 Å². The number of hydrogen-bond acceptors (Lipinski definition) is 5. The van der Waals surface area contributed by atoms with Crippen LogP contribution in [0.4, 0.5) is 0 Å². The monoisotopic (exact) mass is 416 g/mol. The number of aromatic nitrogens is 1. The lowest BCUT2D eigenvalue weighted by atomic mass is 9.95. The fourth-order valence-corrected chi connectivity index (χ4v) is 4.76. The third-order valence-electron chi connectivity index (χ3n) is 4.35. The molecule has 7 heteroatoms. The van der Waals surface area contributed by atoms with Crippen LogP contribution in [-0.2, 0) is 0 Å². The van der Waals surface area contributed by atoms with Crippen molar-refractivity contribution in [2.75, 3.05) is 0 Å². The van der Waals surface area contributed by atoms with E-state index >= 15 is 0 Å². The Bertz CT molecular complexity index is 964. The van der Waals surface area contributed by atoms with E-state index in [-0.39, 0.29) is 4.92 Å². The molecule has 0 fully saturated rings. The lowest BCUT2D eigenvalue weighted by molar-refractivity contribution is -0.536. The van der Waals surface area contributed by atoms with Gasteiger partial charge in [-0.1, -0.05) is 58.0 Å². The average Bonchev–Trinajstić information content (AvgIpc) is 2.60. The minimum Gasteiger partial charge on any atom is -0.381 e. The molecule has 0 spiro atoms. The summed E-state index contributed by atoms with van der Waals surface area (Å²) in [5.74, 6) is 0. The van der Waals surface area contributed by atoms with E-state index in [2.05, 4.69) is 20.9 Å². The van der Waals surface area contributed by atoms with Gasteiger partial charge < -0.3 is 5.11 Å².